The van der Waals surface area contributed by atoms with E-state index >= 15 is 0 Å². The van der Waals surface area contributed by atoms with Crippen LogP contribution in [0, 0.1) is 17.0 Å². The zero-order chi connectivity index (χ0) is 14.7. The van der Waals surface area contributed by atoms with E-state index in [-0.39, 0.29) is 22.7 Å². The van der Waals surface area contributed by atoms with Crippen LogP contribution in [0.1, 0.15) is 44.7 Å². The third kappa shape index (κ3) is 2.92. The molecule has 2 unspecified atom stereocenters. The number of nitrogens with zero attached hydrogens (tertiary/aromatic N) is 3. The van der Waals surface area contributed by atoms with Gasteiger partial charge in [-0.25, -0.2) is 4.68 Å². The quantitative estimate of drug-likeness (QED) is 0.500. The van der Waals surface area contributed by atoms with Crippen LogP contribution in [0.5, 0.6) is 0 Å². The van der Waals surface area contributed by atoms with Gasteiger partial charge < -0.3 is 11.1 Å². The van der Waals surface area contributed by atoms with Gasteiger partial charge in [0.1, 0.15) is 5.69 Å². The van der Waals surface area contributed by atoms with Crippen LogP contribution in [-0.4, -0.2) is 26.8 Å². The molecule has 1 aromatic heterocycles. The fourth-order valence-corrected chi connectivity index (χ4v) is 2.85. The van der Waals surface area contributed by atoms with Crippen molar-refractivity contribution in [2.24, 2.45) is 5.73 Å². The van der Waals surface area contributed by atoms with Gasteiger partial charge in [0.2, 0.25) is 5.82 Å². The molecule has 1 aromatic rings. The normalized spacial score (nSPS) is 23.4. The largest absolute Gasteiger partial charge is 0.360 e. The van der Waals surface area contributed by atoms with Crippen LogP contribution < -0.4 is 11.1 Å². The minimum Gasteiger partial charge on any atom is -0.360 e. The predicted molar refractivity (Wildman–Crippen MR) is 77.8 cm³/mol. The molecule has 2 atom stereocenters. The van der Waals surface area contributed by atoms with Crippen molar-refractivity contribution in [3.05, 3.63) is 15.8 Å². The van der Waals surface area contributed by atoms with Gasteiger partial charge in [0, 0.05) is 18.6 Å². The molecule has 1 aliphatic carbocycles. The molecule has 0 radical (unpaired) electrons. The first-order valence-corrected chi connectivity index (χ1v) is 7.28. The molecule has 1 fully saturated rings. The molecule has 7 nitrogen and oxygen atoms in total. The van der Waals surface area contributed by atoms with Gasteiger partial charge in [-0.15, -0.1) is 0 Å². The Labute approximate surface area is 118 Å². The van der Waals surface area contributed by atoms with Gasteiger partial charge in [0.15, 0.2) is 0 Å². The van der Waals surface area contributed by atoms with Crippen LogP contribution in [0.25, 0.3) is 0 Å². The van der Waals surface area contributed by atoms with Crippen LogP contribution >= 0.6 is 0 Å². The van der Waals surface area contributed by atoms with Crippen LogP contribution in [0.2, 0.25) is 0 Å². The van der Waals surface area contributed by atoms with Gasteiger partial charge >= 0.3 is 5.69 Å². The molecule has 0 amide bonds. The summed E-state index contributed by atoms with van der Waals surface area (Å²) in [5, 5.41) is 18.8. The van der Waals surface area contributed by atoms with E-state index in [4.69, 9.17) is 5.73 Å². The molecular formula is C13H23N5O2. The Bertz CT molecular complexity index is 485. The van der Waals surface area contributed by atoms with Crippen molar-refractivity contribution in [1.29, 1.82) is 0 Å². The van der Waals surface area contributed by atoms with Crippen LogP contribution in [0.4, 0.5) is 11.5 Å². The number of hydrogen-bond donors (Lipinski definition) is 2. The first-order chi connectivity index (χ1) is 9.54. The zero-order valence-corrected chi connectivity index (χ0v) is 12.1. The Hall–Kier alpha value is -1.63. The number of aromatic nitrogens is 2. The monoisotopic (exact) mass is 281 g/mol. The van der Waals surface area contributed by atoms with Crippen molar-refractivity contribution in [2.45, 2.75) is 64.6 Å². The average Bonchev–Trinajstić information content (AvgIpc) is 2.58. The highest BCUT2D eigenvalue weighted by atomic mass is 16.6. The minimum atomic E-state index is -0.362. The van der Waals surface area contributed by atoms with Gasteiger partial charge in [-0.3, -0.25) is 10.1 Å². The minimum absolute atomic E-state index is 0.0395. The first-order valence-electron chi connectivity index (χ1n) is 7.28. The van der Waals surface area contributed by atoms with Gasteiger partial charge in [0.25, 0.3) is 0 Å². The number of aryl methyl sites for hydroxylation is 2. The fourth-order valence-electron chi connectivity index (χ4n) is 2.85. The van der Waals surface area contributed by atoms with E-state index in [2.05, 4.69) is 10.4 Å². The van der Waals surface area contributed by atoms with E-state index in [0.29, 0.717) is 18.1 Å². The second kappa shape index (κ2) is 6.21. The van der Waals surface area contributed by atoms with Crippen molar-refractivity contribution in [3.63, 3.8) is 0 Å². The average molecular weight is 281 g/mol. The molecule has 0 bridgehead atoms. The lowest BCUT2D eigenvalue weighted by molar-refractivity contribution is -0.384. The van der Waals surface area contributed by atoms with Crippen LogP contribution in [-0.2, 0) is 6.54 Å². The summed E-state index contributed by atoms with van der Waals surface area (Å²) in [5.41, 5.74) is 6.71. The standard InChI is InChI=1S/C13H23N5O2/c1-3-17-13(12(18(19)20)9(2)16-17)15-11-8-6-4-5-7-10(11)14/h10-11,15H,3-8,14H2,1-2H3. The highest BCUT2D eigenvalue weighted by Gasteiger charge is 2.29. The second-order valence-corrected chi connectivity index (χ2v) is 5.41. The number of rotatable bonds is 4. The van der Waals surface area contributed by atoms with Crippen molar-refractivity contribution in [3.8, 4) is 0 Å². The summed E-state index contributed by atoms with van der Waals surface area (Å²) in [7, 11) is 0. The maximum atomic E-state index is 11.2. The zero-order valence-electron chi connectivity index (χ0n) is 12.1. The molecule has 0 saturated heterocycles. The smallest absolute Gasteiger partial charge is 0.333 e. The molecule has 0 aromatic carbocycles. The highest BCUT2D eigenvalue weighted by Crippen LogP contribution is 2.30. The molecule has 112 valence electrons. The van der Waals surface area contributed by atoms with E-state index in [1.165, 1.54) is 6.42 Å². The molecule has 7 heteroatoms. The summed E-state index contributed by atoms with van der Waals surface area (Å²) < 4.78 is 1.66. The summed E-state index contributed by atoms with van der Waals surface area (Å²) in [6.45, 7) is 4.19. The molecule has 1 saturated carbocycles. The Morgan fingerprint density at radius 1 is 1.45 bits per heavy atom. The third-order valence-corrected chi connectivity index (χ3v) is 3.97. The molecule has 1 heterocycles. The van der Waals surface area contributed by atoms with Gasteiger partial charge in [-0.2, -0.15) is 5.10 Å². The Kier molecular flexibility index (Phi) is 4.59. The second-order valence-electron chi connectivity index (χ2n) is 5.41. The molecule has 2 rings (SSSR count). The maximum absolute atomic E-state index is 11.2. The number of nitrogens with one attached hydrogen (secondary N) is 1. The van der Waals surface area contributed by atoms with Gasteiger partial charge in [-0.05, 0) is 26.7 Å². The van der Waals surface area contributed by atoms with E-state index in [0.717, 1.165) is 25.7 Å². The Morgan fingerprint density at radius 3 is 2.80 bits per heavy atom. The Balaban J connectivity index is 2.29. The summed E-state index contributed by atoms with van der Waals surface area (Å²) in [5.74, 6) is 0.498. The molecule has 0 aliphatic heterocycles. The summed E-state index contributed by atoms with van der Waals surface area (Å²) in [6.07, 6.45) is 5.34. The van der Waals surface area contributed by atoms with Crippen molar-refractivity contribution >= 4 is 11.5 Å². The molecule has 1 aliphatic rings. The van der Waals surface area contributed by atoms with E-state index < -0.39 is 0 Å². The van der Waals surface area contributed by atoms with Crippen LogP contribution in [0.15, 0.2) is 0 Å². The Morgan fingerprint density at radius 2 is 2.15 bits per heavy atom. The van der Waals surface area contributed by atoms with Crippen LogP contribution in [0.3, 0.4) is 0 Å². The topological polar surface area (TPSA) is 99.0 Å². The lowest BCUT2D eigenvalue weighted by Gasteiger charge is -2.23. The number of anilines is 1. The van der Waals surface area contributed by atoms with Crippen molar-refractivity contribution in [1.82, 2.24) is 9.78 Å². The molecule has 0 spiro atoms. The molecule has 20 heavy (non-hydrogen) atoms. The fraction of sp³-hybridized carbons (Fsp3) is 0.769. The van der Waals surface area contributed by atoms with Gasteiger partial charge in [-0.1, -0.05) is 19.3 Å². The maximum Gasteiger partial charge on any atom is 0.333 e. The molecule has 3 N–H and O–H groups in total. The van der Waals surface area contributed by atoms with Gasteiger partial charge in [0.05, 0.1) is 4.92 Å². The van der Waals surface area contributed by atoms with E-state index in [9.17, 15) is 10.1 Å². The van der Waals surface area contributed by atoms with E-state index in [1.54, 1.807) is 11.6 Å². The summed E-state index contributed by atoms with van der Waals surface area (Å²) in [6, 6.07) is 0.121. The summed E-state index contributed by atoms with van der Waals surface area (Å²) >= 11 is 0. The lowest BCUT2D eigenvalue weighted by atomic mass is 10.0. The third-order valence-electron chi connectivity index (χ3n) is 3.97. The SMILES string of the molecule is CCn1nc(C)c([N+](=O)[O-])c1NC1CCCCCC1N. The number of hydrogen-bond acceptors (Lipinski definition) is 5. The van der Waals surface area contributed by atoms with Crippen molar-refractivity contribution < 1.29 is 4.92 Å². The number of nitro groups is 1. The highest BCUT2D eigenvalue weighted by molar-refractivity contribution is 5.60. The first kappa shape index (κ1) is 14.8. The van der Waals surface area contributed by atoms with E-state index in [1.807, 2.05) is 6.92 Å². The lowest BCUT2D eigenvalue weighted by Crippen LogP contribution is -2.40. The van der Waals surface area contributed by atoms with Crippen molar-refractivity contribution in [2.75, 3.05) is 5.32 Å². The number of nitrogens with two attached hydrogens (primary N) is 1. The predicted octanol–water partition coefficient (Wildman–Crippen LogP) is 2.19. The summed E-state index contributed by atoms with van der Waals surface area (Å²) in [4.78, 5) is 10.9. The molecular weight excluding hydrogens is 258 g/mol.